The van der Waals surface area contributed by atoms with E-state index in [0.717, 1.165) is 6.07 Å². The topological polar surface area (TPSA) is 92.7 Å². The lowest BCUT2D eigenvalue weighted by Crippen LogP contribution is -2.39. The normalized spacial score (nSPS) is 17.8. The van der Waals surface area contributed by atoms with E-state index >= 15 is 0 Å². The van der Waals surface area contributed by atoms with Gasteiger partial charge in [-0.15, -0.1) is 0 Å². The maximum atomic E-state index is 13.8. The molecular weight excluding hydrogens is 325 g/mol. The number of aryl methyl sites for hydroxylation is 1. The van der Waals surface area contributed by atoms with Crippen LogP contribution in [0.4, 0.5) is 4.39 Å². The summed E-state index contributed by atoms with van der Waals surface area (Å²) in [6.45, 7) is 2.32. The molecule has 6 nitrogen and oxygen atoms in total. The molecule has 0 spiro atoms. The van der Waals surface area contributed by atoms with E-state index < -0.39 is 32.6 Å². The number of rotatable bonds is 6. The number of benzene rings is 1. The van der Waals surface area contributed by atoms with Gasteiger partial charge in [0, 0.05) is 19.8 Å². The zero-order chi connectivity index (χ0) is 17.0. The number of ether oxygens (including phenoxy) is 1. The third kappa shape index (κ3) is 4.49. The molecule has 128 valence electrons. The average molecular weight is 345 g/mol. The Morgan fingerprint density at radius 1 is 1.43 bits per heavy atom. The summed E-state index contributed by atoms with van der Waals surface area (Å²) < 4.78 is 45.7. The Labute approximate surface area is 134 Å². The van der Waals surface area contributed by atoms with Crippen molar-refractivity contribution in [3.05, 3.63) is 29.6 Å². The van der Waals surface area contributed by atoms with Crippen molar-refractivity contribution < 1.29 is 27.4 Å². The van der Waals surface area contributed by atoms with E-state index in [0.29, 0.717) is 31.6 Å². The van der Waals surface area contributed by atoms with E-state index in [2.05, 4.69) is 4.72 Å². The molecule has 1 aromatic carbocycles. The molecular formula is C15H20FNO5S. The first-order chi connectivity index (χ1) is 10.8. The van der Waals surface area contributed by atoms with Crippen LogP contribution in [0, 0.1) is 24.6 Å². The van der Waals surface area contributed by atoms with Crippen molar-refractivity contribution in [2.75, 3.05) is 19.8 Å². The molecule has 1 aliphatic heterocycles. The van der Waals surface area contributed by atoms with Gasteiger partial charge in [-0.05, 0) is 43.4 Å². The summed E-state index contributed by atoms with van der Waals surface area (Å²) in [5, 5.41) is 9.33. The van der Waals surface area contributed by atoms with Crippen LogP contribution in [0.5, 0.6) is 0 Å². The molecule has 1 aromatic rings. The predicted octanol–water partition coefficient (Wildman–Crippen LogP) is 1.54. The van der Waals surface area contributed by atoms with Crippen molar-refractivity contribution in [1.29, 1.82) is 0 Å². The summed E-state index contributed by atoms with van der Waals surface area (Å²) in [5.41, 5.74) is 0.604. The fourth-order valence-electron chi connectivity index (χ4n) is 2.67. The molecule has 0 amide bonds. The maximum absolute atomic E-state index is 13.8. The monoisotopic (exact) mass is 345 g/mol. The van der Waals surface area contributed by atoms with Crippen LogP contribution in [0.25, 0.3) is 0 Å². The molecule has 0 radical (unpaired) electrons. The molecule has 1 atom stereocenters. The van der Waals surface area contributed by atoms with Gasteiger partial charge in [-0.25, -0.2) is 17.5 Å². The second-order valence-electron chi connectivity index (χ2n) is 5.68. The number of nitrogens with one attached hydrogen (secondary N) is 1. The van der Waals surface area contributed by atoms with Gasteiger partial charge in [0.1, 0.15) is 10.7 Å². The highest BCUT2D eigenvalue weighted by Crippen LogP contribution is 2.24. The molecule has 0 aromatic heterocycles. The molecule has 1 fully saturated rings. The van der Waals surface area contributed by atoms with Gasteiger partial charge in [0.05, 0.1) is 5.92 Å². The number of carboxylic acids is 1. The summed E-state index contributed by atoms with van der Waals surface area (Å²) in [7, 11) is -4.09. The van der Waals surface area contributed by atoms with Crippen LogP contribution < -0.4 is 4.72 Å². The van der Waals surface area contributed by atoms with Crippen LogP contribution in [-0.2, 0) is 19.6 Å². The zero-order valence-corrected chi connectivity index (χ0v) is 13.6. The molecule has 0 saturated carbocycles. The van der Waals surface area contributed by atoms with Gasteiger partial charge >= 0.3 is 5.97 Å². The minimum absolute atomic E-state index is 0.160. The molecule has 1 aliphatic rings. The zero-order valence-electron chi connectivity index (χ0n) is 12.8. The predicted molar refractivity (Wildman–Crippen MR) is 81.0 cm³/mol. The Morgan fingerprint density at radius 2 is 2.09 bits per heavy atom. The minimum Gasteiger partial charge on any atom is -0.481 e. The minimum atomic E-state index is -4.09. The van der Waals surface area contributed by atoms with Crippen LogP contribution in [0.2, 0.25) is 0 Å². The lowest BCUT2D eigenvalue weighted by atomic mass is 9.86. The number of hydrogen-bond donors (Lipinski definition) is 2. The van der Waals surface area contributed by atoms with Crippen molar-refractivity contribution >= 4 is 16.0 Å². The Bertz CT molecular complexity index is 670. The van der Waals surface area contributed by atoms with Gasteiger partial charge in [0.25, 0.3) is 0 Å². The van der Waals surface area contributed by atoms with E-state index in [9.17, 15) is 22.7 Å². The summed E-state index contributed by atoms with van der Waals surface area (Å²) in [5.74, 6) is -2.94. The SMILES string of the molecule is Cc1ccc(S(=O)(=O)NCC(C(=O)O)C2CCOCC2)c(F)c1. The van der Waals surface area contributed by atoms with Crippen molar-refractivity contribution in [1.82, 2.24) is 4.72 Å². The largest absolute Gasteiger partial charge is 0.481 e. The number of carboxylic acid groups (broad SMARTS) is 1. The van der Waals surface area contributed by atoms with Gasteiger partial charge in [0.15, 0.2) is 0 Å². The van der Waals surface area contributed by atoms with Gasteiger partial charge in [-0.3, -0.25) is 4.79 Å². The van der Waals surface area contributed by atoms with Gasteiger partial charge in [-0.1, -0.05) is 6.07 Å². The van der Waals surface area contributed by atoms with E-state index in [1.165, 1.54) is 12.1 Å². The van der Waals surface area contributed by atoms with Crippen molar-refractivity contribution in [3.8, 4) is 0 Å². The molecule has 1 heterocycles. The maximum Gasteiger partial charge on any atom is 0.308 e. The Kier molecular flexibility index (Phi) is 5.72. The van der Waals surface area contributed by atoms with Crippen molar-refractivity contribution in [2.24, 2.45) is 11.8 Å². The van der Waals surface area contributed by atoms with E-state index in [1.807, 2.05) is 0 Å². The fourth-order valence-corrected chi connectivity index (χ4v) is 3.79. The summed E-state index contributed by atoms with van der Waals surface area (Å²) in [4.78, 5) is 10.9. The van der Waals surface area contributed by atoms with Crippen molar-refractivity contribution in [2.45, 2.75) is 24.7 Å². The Hall–Kier alpha value is -1.51. The molecule has 0 aliphatic carbocycles. The summed E-state index contributed by atoms with van der Waals surface area (Å²) in [6, 6.07) is 3.80. The van der Waals surface area contributed by atoms with Crippen LogP contribution >= 0.6 is 0 Å². The van der Waals surface area contributed by atoms with Crippen LogP contribution in [0.1, 0.15) is 18.4 Å². The highest BCUT2D eigenvalue weighted by Gasteiger charge is 2.31. The number of sulfonamides is 1. The van der Waals surface area contributed by atoms with Gasteiger partial charge in [0.2, 0.25) is 10.0 Å². The summed E-state index contributed by atoms with van der Waals surface area (Å²) >= 11 is 0. The van der Waals surface area contributed by atoms with E-state index in [1.54, 1.807) is 6.92 Å². The molecule has 0 bridgehead atoms. The quantitative estimate of drug-likeness (QED) is 0.816. The average Bonchev–Trinajstić information content (AvgIpc) is 2.47. The molecule has 2 N–H and O–H groups in total. The first-order valence-electron chi connectivity index (χ1n) is 7.37. The number of aliphatic carboxylic acids is 1. The van der Waals surface area contributed by atoms with Crippen molar-refractivity contribution in [3.63, 3.8) is 0 Å². The first-order valence-corrected chi connectivity index (χ1v) is 8.86. The smallest absolute Gasteiger partial charge is 0.308 e. The number of hydrogen-bond acceptors (Lipinski definition) is 4. The molecule has 1 saturated heterocycles. The van der Waals surface area contributed by atoms with Crippen LogP contribution in [0.3, 0.4) is 0 Å². The standard InChI is InChI=1S/C15H20FNO5S/c1-10-2-3-14(13(16)8-10)23(20,21)17-9-12(15(18)19)11-4-6-22-7-5-11/h2-3,8,11-12,17H,4-7,9H2,1H3,(H,18,19). The number of halogens is 1. The second kappa shape index (κ2) is 7.37. The third-order valence-electron chi connectivity index (χ3n) is 4.02. The van der Waals surface area contributed by atoms with Crippen LogP contribution in [0.15, 0.2) is 23.1 Å². The molecule has 23 heavy (non-hydrogen) atoms. The molecule has 1 unspecified atom stereocenters. The highest BCUT2D eigenvalue weighted by molar-refractivity contribution is 7.89. The Morgan fingerprint density at radius 3 is 2.65 bits per heavy atom. The van der Waals surface area contributed by atoms with Gasteiger partial charge in [-0.2, -0.15) is 0 Å². The Balaban J connectivity index is 2.11. The highest BCUT2D eigenvalue weighted by atomic mass is 32.2. The van der Waals surface area contributed by atoms with E-state index in [-0.39, 0.29) is 12.5 Å². The third-order valence-corrected chi connectivity index (χ3v) is 5.48. The first kappa shape index (κ1) is 17.8. The molecule has 2 rings (SSSR count). The summed E-state index contributed by atoms with van der Waals surface area (Å²) in [6.07, 6.45) is 1.13. The number of carbonyl (C=O) groups is 1. The fraction of sp³-hybridized carbons (Fsp3) is 0.533. The molecule has 8 heteroatoms. The van der Waals surface area contributed by atoms with E-state index in [4.69, 9.17) is 4.74 Å². The van der Waals surface area contributed by atoms with Gasteiger partial charge < -0.3 is 9.84 Å². The lowest BCUT2D eigenvalue weighted by molar-refractivity contribution is -0.144. The lowest BCUT2D eigenvalue weighted by Gasteiger charge is -2.27. The second-order valence-corrected chi connectivity index (χ2v) is 7.42. The van der Waals surface area contributed by atoms with Crippen LogP contribution in [-0.4, -0.2) is 39.3 Å².